The first-order valence-corrected chi connectivity index (χ1v) is 5.56. The Hall–Kier alpha value is -1.10. The van der Waals surface area contributed by atoms with Gasteiger partial charge in [-0.3, -0.25) is 0 Å². The van der Waals surface area contributed by atoms with Gasteiger partial charge in [0.25, 0.3) is 0 Å². The number of rotatable bonds is 1. The molecule has 2 nitrogen and oxygen atoms in total. The van der Waals surface area contributed by atoms with Gasteiger partial charge in [0, 0.05) is 3.57 Å². The fourth-order valence-electron chi connectivity index (χ4n) is 1.46. The van der Waals surface area contributed by atoms with Gasteiger partial charge in [-0.15, -0.1) is 0 Å². The molecule has 0 spiro atoms. The predicted octanol–water partition coefficient (Wildman–Crippen LogP) is 3.23. The lowest BCUT2D eigenvalue weighted by molar-refractivity contribution is 0.0601. The zero-order valence-corrected chi connectivity index (χ0v) is 10.3. The van der Waals surface area contributed by atoms with Crippen LogP contribution in [0.3, 0.4) is 0 Å². The summed E-state index contributed by atoms with van der Waals surface area (Å²) in [4.78, 5) is 11.3. The number of methoxy groups -OCH3 is 1. The minimum absolute atomic E-state index is 0.296. The predicted molar refractivity (Wildman–Crippen MR) is 68.0 cm³/mol. The van der Waals surface area contributed by atoms with E-state index >= 15 is 0 Å². The molecular formula is C12H9IO2. The largest absolute Gasteiger partial charge is 0.465 e. The van der Waals surface area contributed by atoms with Crippen molar-refractivity contribution in [1.29, 1.82) is 0 Å². The maximum Gasteiger partial charge on any atom is 0.337 e. The highest BCUT2D eigenvalue weighted by Gasteiger charge is 2.05. The Morgan fingerprint density at radius 3 is 2.60 bits per heavy atom. The number of esters is 1. The van der Waals surface area contributed by atoms with Crippen LogP contribution in [0.25, 0.3) is 10.8 Å². The van der Waals surface area contributed by atoms with Gasteiger partial charge in [-0.25, -0.2) is 4.79 Å². The molecule has 0 aromatic heterocycles. The zero-order valence-electron chi connectivity index (χ0n) is 8.16. The fraction of sp³-hybridized carbons (Fsp3) is 0.0833. The Kier molecular flexibility index (Phi) is 2.90. The molecule has 0 atom stereocenters. The van der Waals surface area contributed by atoms with Gasteiger partial charge in [0.15, 0.2) is 0 Å². The maximum atomic E-state index is 11.3. The lowest BCUT2D eigenvalue weighted by Gasteiger charge is -2.02. The summed E-state index contributed by atoms with van der Waals surface area (Å²) in [5, 5.41) is 2.19. The first kappa shape index (κ1) is 10.4. The van der Waals surface area contributed by atoms with Crippen LogP contribution < -0.4 is 0 Å². The molecule has 0 aliphatic rings. The molecule has 2 aromatic carbocycles. The first-order chi connectivity index (χ1) is 7.20. The van der Waals surface area contributed by atoms with E-state index < -0.39 is 0 Å². The number of hydrogen-bond donors (Lipinski definition) is 0. The van der Waals surface area contributed by atoms with Gasteiger partial charge in [0.2, 0.25) is 0 Å². The SMILES string of the molecule is COC(=O)c1ccc2ccc(I)cc2c1. The van der Waals surface area contributed by atoms with Crippen LogP contribution in [-0.4, -0.2) is 13.1 Å². The molecule has 0 unspecified atom stereocenters. The zero-order chi connectivity index (χ0) is 10.8. The molecule has 0 N–H and O–H groups in total. The monoisotopic (exact) mass is 312 g/mol. The lowest BCUT2D eigenvalue weighted by Crippen LogP contribution is -2.00. The normalized spacial score (nSPS) is 10.3. The van der Waals surface area contributed by atoms with E-state index in [0.717, 1.165) is 14.3 Å². The Morgan fingerprint density at radius 2 is 1.87 bits per heavy atom. The van der Waals surface area contributed by atoms with Crippen LogP contribution >= 0.6 is 22.6 Å². The van der Waals surface area contributed by atoms with Gasteiger partial charge < -0.3 is 4.74 Å². The molecule has 0 amide bonds. The van der Waals surface area contributed by atoms with Gasteiger partial charge in [-0.05, 0) is 57.6 Å². The van der Waals surface area contributed by atoms with Crippen LogP contribution in [0.4, 0.5) is 0 Å². The number of carbonyl (C=O) groups is 1. The maximum absolute atomic E-state index is 11.3. The number of benzene rings is 2. The molecule has 2 aromatic rings. The van der Waals surface area contributed by atoms with E-state index in [2.05, 4.69) is 27.3 Å². The second kappa shape index (κ2) is 4.18. The van der Waals surface area contributed by atoms with Gasteiger partial charge in [-0.1, -0.05) is 12.1 Å². The molecule has 0 saturated heterocycles. The highest BCUT2D eigenvalue weighted by Crippen LogP contribution is 2.19. The molecule has 0 heterocycles. The van der Waals surface area contributed by atoms with Crippen LogP contribution in [0.5, 0.6) is 0 Å². The van der Waals surface area contributed by atoms with Crippen LogP contribution in [-0.2, 0) is 4.74 Å². The highest BCUT2D eigenvalue weighted by molar-refractivity contribution is 14.1. The van der Waals surface area contributed by atoms with E-state index in [4.69, 9.17) is 0 Å². The Bertz CT molecular complexity index is 520. The second-order valence-electron chi connectivity index (χ2n) is 3.20. The fourth-order valence-corrected chi connectivity index (χ4v) is 1.98. The number of hydrogen-bond acceptors (Lipinski definition) is 2. The third kappa shape index (κ3) is 2.12. The van der Waals surface area contributed by atoms with E-state index in [1.165, 1.54) is 7.11 Å². The van der Waals surface area contributed by atoms with Crippen LogP contribution in [0.2, 0.25) is 0 Å². The molecule has 0 aliphatic carbocycles. The number of carbonyl (C=O) groups excluding carboxylic acids is 1. The molecule has 0 fully saturated rings. The molecule has 76 valence electrons. The molecule has 3 heteroatoms. The van der Waals surface area contributed by atoms with Crippen molar-refractivity contribution in [3.05, 3.63) is 45.5 Å². The summed E-state index contributed by atoms with van der Waals surface area (Å²) in [7, 11) is 1.39. The molecule has 0 saturated carbocycles. The molecule has 15 heavy (non-hydrogen) atoms. The summed E-state index contributed by atoms with van der Waals surface area (Å²) in [6.07, 6.45) is 0. The summed E-state index contributed by atoms with van der Waals surface area (Å²) >= 11 is 2.25. The van der Waals surface area contributed by atoms with E-state index in [0.29, 0.717) is 5.56 Å². The highest BCUT2D eigenvalue weighted by atomic mass is 127. The lowest BCUT2D eigenvalue weighted by atomic mass is 10.1. The minimum atomic E-state index is -0.296. The second-order valence-corrected chi connectivity index (χ2v) is 4.44. The standard InChI is InChI=1S/C12H9IO2/c1-15-12(14)9-3-2-8-4-5-11(13)7-10(8)6-9/h2-7H,1H3. The van der Waals surface area contributed by atoms with Crippen molar-refractivity contribution >= 4 is 39.3 Å². The summed E-state index contributed by atoms with van der Waals surface area (Å²) in [5.74, 6) is -0.296. The number of fused-ring (bicyclic) bond motifs is 1. The molecule has 2 rings (SSSR count). The van der Waals surface area contributed by atoms with Crippen molar-refractivity contribution in [1.82, 2.24) is 0 Å². The van der Waals surface area contributed by atoms with Crippen LogP contribution in [0, 0.1) is 3.57 Å². The van der Waals surface area contributed by atoms with Crippen LogP contribution in [0.15, 0.2) is 36.4 Å². The number of ether oxygens (including phenoxy) is 1. The quantitative estimate of drug-likeness (QED) is 0.597. The van der Waals surface area contributed by atoms with Crippen molar-refractivity contribution in [3.63, 3.8) is 0 Å². The van der Waals surface area contributed by atoms with E-state index in [-0.39, 0.29) is 5.97 Å². The van der Waals surface area contributed by atoms with E-state index in [1.54, 1.807) is 6.07 Å². The van der Waals surface area contributed by atoms with E-state index in [9.17, 15) is 4.79 Å². The molecule has 0 radical (unpaired) electrons. The summed E-state index contributed by atoms with van der Waals surface area (Å²) in [6, 6.07) is 11.7. The first-order valence-electron chi connectivity index (χ1n) is 4.48. The minimum Gasteiger partial charge on any atom is -0.465 e. The topological polar surface area (TPSA) is 26.3 Å². The molecule has 0 aliphatic heterocycles. The Balaban J connectivity index is 2.59. The summed E-state index contributed by atoms with van der Waals surface area (Å²) in [5.41, 5.74) is 0.590. The van der Waals surface area contributed by atoms with Crippen molar-refractivity contribution in [3.8, 4) is 0 Å². The summed E-state index contributed by atoms with van der Waals surface area (Å²) in [6.45, 7) is 0. The average molecular weight is 312 g/mol. The Labute approximate surface area is 101 Å². The Morgan fingerprint density at radius 1 is 1.13 bits per heavy atom. The van der Waals surface area contributed by atoms with Gasteiger partial charge >= 0.3 is 5.97 Å². The third-order valence-electron chi connectivity index (χ3n) is 2.22. The van der Waals surface area contributed by atoms with Gasteiger partial charge in [-0.2, -0.15) is 0 Å². The third-order valence-corrected chi connectivity index (χ3v) is 2.89. The van der Waals surface area contributed by atoms with Crippen LogP contribution in [0.1, 0.15) is 10.4 Å². The summed E-state index contributed by atoms with van der Waals surface area (Å²) < 4.78 is 5.83. The van der Waals surface area contributed by atoms with Crippen molar-refractivity contribution in [2.45, 2.75) is 0 Å². The smallest absolute Gasteiger partial charge is 0.337 e. The molecular weight excluding hydrogens is 303 g/mol. The van der Waals surface area contributed by atoms with Crippen molar-refractivity contribution in [2.75, 3.05) is 7.11 Å². The van der Waals surface area contributed by atoms with Crippen molar-refractivity contribution < 1.29 is 9.53 Å². The average Bonchev–Trinajstić information content (AvgIpc) is 2.27. The molecule has 0 bridgehead atoms. The van der Waals surface area contributed by atoms with E-state index in [1.807, 2.05) is 30.3 Å². The van der Waals surface area contributed by atoms with Crippen molar-refractivity contribution in [2.24, 2.45) is 0 Å². The number of halogens is 1. The van der Waals surface area contributed by atoms with Gasteiger partial charge in [0.1, 0.15) is 0 Å². The van der Waals surface area contributed by atoms with Gasteiger partial charge in [0.05, 0.1) is 12.7 Å².